The number of rotatable bonds is 6. The highest BCUT2D eigenvalue weighted by atomic mass is 16.3. The van der Waals surface area contributed by atoms with Crippen LogP contribution >= 0.6 is 0 Å². The summed E-state index contributed by atoms with van der Waals surface area (Å²) >= 11 is 0. The van der Waals surface area contributed by atoms with E-state index in [0.717, 1.165) is 0 Å². The maximum absolute atomic E-state index is 12.0. The van der Waals surface area contributed by atoms with Gasteiger partial charge in [0.1, 0.15) is 0 Å². The largest absolute Gasteiger partial charge is 0.391 e. The van der Waals surface area contributed by atoms with Gasteiger partial charge in [0, 0.05) is 19.2 Å². The molecule has 1 atom stereocenters. The molecular formula is C15H22N2O3. The van der Waals surface area contributed by atoms with Crippen LogP contribution in [-0.4, -0.2) is 48.1 Å². The van der Waals surface area contributed by atoms with Crippen LogP contribution in [-0.2, 0) is 4.79 Å². The van der Waals surface area contributed by atoms with Crippen LogP contribution in [0.1, 0.15) is 24.2 Å². The Balaban J connectivity index is 2.44. The van der Waals surface area contributed by atoms with Gasteiger partial charge in [0.25, 0.3) is 5.91 Å². The predicted octanol–water partition coefficient (Wildman–Crippen LogP) is 0.892. The van der Waals surface area contributed by atoms with Gasteiger partial charge < -0.3 is 15.3 Å². The van der Waals surface area contributed by atoms with Crippen molar-refractivity contribution in [2.24, 2.45) is 5.92 Å². The lowest BCUT2D eigenvalue weighted by Gasteiger charge is -2.19. The van der Waals surface area contributed by atoms with Crippen molar-refractivity contribution in [2.75, 3.05) is 20.1 Å². The van der Waals surface area contributed by atoms with Crippen LogP contribution in [0.4, 0.5) is 0 Å². The fourth-order valence-electron chi connectivity index (χ4n) is 1.60. The lowest BCUT2D eigenvalue weighted by Crippen LogP contribution is -2.41. The zero-order valence-corrected chi connectivity index (χ0v) is 12.2. The van der Waals surface area contributed by atoms with Crippen LogP contribution in [0.15, 0.2) is 30.3 Å². The van der Waals surface area contributed by atoms with Crippen molar-refractivity contribution in [2.45, 2.75) is 20.0 Å². The molecule has 20 heavy (non-hydrogen) atoms. The smallest absolute Gasteiger partial charge is 0.254 e. The van der Waals surface area contributed by atoms with Gasteiger partial charge in [-0.1, -0.05) is 32.0 Å². The molecule has 0 saturated carbocycles. The molecule has 0 fully saturated rings. The lowest BCUT2D eigenvalue weighted by atomic mass is 10.1. The lowest BCUT2D eigenvalue weighted by molar-refractivity contribution is -0.122. The highest BCUT2D eigenvalue weighted by Crippen LogP contribution is 2.03. The summed E-state index contributed by atoms with van der Waals surface area (Å²) in [6.07, 6.45) is -0.575. The molecule has 1 aromatic carbocycles. The van der Waals surface area contributed by atoms with Crippen molar-refractivity contribution in [3.63, 3.8) is 0 Å². The topological polar surface area (TPSA) is 69.6 Å². The highest BCUT2D eigenvalue weighted by Gasteiger charge is 2.16. The molecule has 0 saturated heterocycles. The number of aliphatic hydroxyl groups is 1. The molecule has 0 aliphatic heterocycles. The minimum atomic E-state index is -0.575. The Hall–Kier alpha value is -1.88. The maximum Gasteiger partial charge on any atom is 0.254 e. The number of nitrogens with one attached hydrogen (secondary N) is 1. The first-order chi connectivity index (χ1) is 9.41. The van der Waals surface area contributed by atoms with E-state index in [1.165, 1.54) is 4.90 Å². The maximum atomic E-state index is 12.0. The van der Waals surface area contributed by atoms with Gasteiger partial charge >= 0.3 is 0 Å². The Kier molecular flexibility index (Phi) is 6.18. The third-order valence-corrected chi connectivity index (χ3v) is 3.03. The Labute approximate surface area is 119 Å². The van der Waals surface area contributed by atoms with Gasteiger partial charge in [0.05, 0.1) is 12.6 Å². The molecule has 0 aliphatic rings. The fourth-order valence-corrected chi connectivity index (χ4v) is 1.60. The third kappa shape index (κ3) is 5.01. The van der Waals surface area contributed by atoms with Gasteiger partial charge in [-0.2, -0.15) is 0 Å². The normalized spacial score (nSPS) is 12.1. The summed E-state index contributed by atoms with van der Waals surface area (Å²) in [4.78, 5) is 25.1. The van der Waals surface area contributed by atoms with E-state index in [4.69, 9.17) is 0 Å². The molecule has 0 spiro atoms. The van der Waals surface area contributed by atoms with Gasteiger partial charge in [-0.05, 0) is 18.1 Å². The van der Waals surface area contributed by atoms with E-state index in [-0.39, 0.29) is 30.8 Å². The summed E-state index contributed by atoms with van der Waals surface area (Å²) in [7, 11) is 1.58. The zero-order valence-electron chi connectivity index (χ0n) is 12.2. The molecule has 0 aliphatic carbocycles. The molecule has 2 amide bonds. The Morgan fingerprint density at radius 1 is 1.25 bits per heavy atom. The van der Waals surface area contributed by atoms with Gasteiger partial charge in [0.15, 0.2) is 0 Å². The quantitative estimate of drug-likeness (QED) is 0.812. The number of hydrogen-bond acceptors (Lipinski definition) is 3. The van der Waals surface area contributed by atoms with Crippen molar-refractivity contribution in [1.82, 2.24) is 10.2 Å². The molecule has 5 nitrogen and oxygen atoms in total. The molecule has 2 N–H and O–H groups in total. The monoisotopic (exact) mass is 278 g/mol. The number of amides is 2. The van der Waals surface area contributed by atoms with Crippen LogP contribution in [0.2, 0.25) is 0 Å². The van der Waals surface area contributed by atoms with E-state index in [1.54, 1.807) is 31.3 Å². The second kappa shape index (κ2) is 7.65. The highest BCUT2D eigenvalue weighted by molar-refractivity contribution is 5.96. The van der Waals surface area contributed by atoms with Crippen LogP contribution < -0.4 is 5.32 Å². The number of carbonyl (C=O) groups excluding carboxylic acids is 2. The summed E-state index contributed by atoms with van der Waals surface area (Å²) in [5.41, 5.74) is 0.546. The second-order valence-corrected chi connectivity index (χ2v) is 5.14. The molecule has 110 valence electrons. The SMILES string of the molecule is CC(C)C(O)CNC(=O)CN(C)C(=O)c1ccccc1. The molecule has 1 unspecified atom stereocenters. The van der Waals surface area contributed by atoms with Crippen LogP contribution in [0.5, 0.6) is 0 Å². The van der Waals surface area contributed by atoms with Gasteiger partial charge in [0.2, 0.25) is 5.91 Å². The minimum Gasteiger partial charge on any atom is -0.391 e. The number of benzene rings is 1. The molecule has 0 radical (unpaired) electrons. The minimum absolute atomic E-state index is 0.0292. The summed E-state index contributed by atoms with van der Waals surface area (Å²) in [5, 5.41) is 12.2. The number of nitrogens with zero attached hydrogens (tertiary/aromatic N) is 1. The molecular weight excluding hydrogens is 256 g/mol. The van der Waals surface area contributed by atoms with E-state index in [2.05, 4.69) is 5.32 Å². The van der Waals surface area contributed by atoms with Crippen LogP contribution in [0.25, 0.3) is 0 Å². The van der Waals surface area contributed by atoms with Crippen molar-refractivity contribution in [3.8, 4) is 0 Å². The van der Waals surface area contributed by atoms with E-state index in [0.29, 0.717) is 5.56 Å². The number of carbonyl (C=O) groups is 2. The van der Waals surface area contributed by atoms with Gasteiger partial charge in [-0.15, -0.1) is 0 Å². The first-order valence-corrected chi connectivity index (χ1v) is 6.67. The van der Waals surface area contributed by atoms with E-state index in [1.807, 2.05) is 19.9 Å². The first kappa shape index (κ1) is 16.2. The third-order valence-electron chi connectivity index (χ3n) is 3.03. The molecule has 1 rings (SSSR count). The van der Waals surface area contributed by atoms with Gasteiger partial charge in [-0.25, -0.2) is 0 Å². The summed E-state index contributed by atoms with van der Waals surface area (Å²) in [6.45, 7) is 3.92. The number of hydrogen-bond donors (Lipinski definition) is 2. The van der Waals surface area contributed by atoms with Crippen molar-refractivity contribution >= 4 is 11.8 Å². The van der Waals surface area contributed by atoms with Gasteiger partial charge in [-0.3, -0.25) is 9.59 Å². The van der Waals surface area contributed by atoms with Crippen LogP contribution in [0, 0.1) is 5.92 Å². The van der Waals surface area contributed by atoms with E-state index >= 15 is 0 Å². The first-order valence-electron chi connectivity index (χ1n) is 6.67. The molecule has 1 aromatic rings. The fraction of sp³-hybridized carbons (Fsp3) is 0.467. The Morgan fingerprint density at radius 2 is 1.85 bits per heavy atom. The van der Waals surface area contributed by atoms with Crippen molar-refractivity contribution in [1.29, 1.82) is 0 Å². The molecule has 0 aromatic heterocycles. The predicted molar refractivity (Wildman–Crippen MR) is 77.3 cm³/mol. The Bertz CT molecular complexity index is 446. The Morgan fingerprint density at radius 3 is 2.40 bits per heavy atom. The molecule has 0 bridgehead atoms. The molecule has 5 heteroatoms. The average Bonchev–Trinajstić information content (AvgIpc) is 2.44. The summed E-state index contributed by atoms with van der Waals surface area (Å²) in [6, 6.07) is 8.80. The molecule has 0 heterocycles. The van der Waals surface area contributed by atoms with Crippen LogP contribution in [0.3, 0.4) is 0 Å². The number of likely N-dealkylation sites (N-methyl/N-ethyl adjacent to an activating group) is 1. The zero-order chi connectivity index (χ0) is 15.1. The second-order valence-electron chi connectivity index (χ2n) is 5.14. The van der Waals surface area contributed by atoms with E-state index < -0.39 is 6.10 Å². The summed E-state index contributed by atoms with van der Waals surface area (Å²) < 4.78 is 0. The van der Waals surface area contributed by atoms with Crippen molar-refractivity contribution in [3.05, 3.63) is 35.9 Å². The number of aliphatic hydroxyl groups excluding tert-OH is 1. The summed E-state index contributed by atoms with van der Waals surface area (Å²) in [5.74, 6) is -0.402. The standard InChI is InChI=1S/C15H22N2O3/c1-11(2)13(18)9-16-14(19)10-17(3)15(20)12-7-5-4-6-8-12/h4-8,11,13,18H,9-10H2,1-3H3,(H,16,19). The van der Waals surface area contributed by atoms with Crippen molar-refractivity contribution < 1.29 is 14.7 Å². The average molecular weight is 278 g/mol. The van der Waals surface area contributed by atoms with E-state index in [9.17, 15) is 14.7 Å².